The lowest BCUT2D eigenvalue weighted by atomic mass is 9.63. The number of rotatable bonds is 4. The Morgan fingerprint density at radius 3 is 2.53 bits per heavy atom. The van der Waals surface area contributed by atoms with E-state index in [1.54, 1.807) is 18.7 Å². The summed E-state index contributed by atoms with van der Waals surface area (Å²) in [5.74, 6) is 0.763. The summed E-state index contributed by atoms with van der Waals surface area (Å²) in [7, 11) is 0. The summed E-state index contributed by atoms with van der Waals surface area (Å²) >= 11 is 1.67. The van der Waals surface area contributed by atoms with E-state index < -0.39 is 11.0 Å². The van der Waals surface area contributed by atoms with Gasteiger partial charge in [0.15, 0.2) is 0 Å². The lowest BCUT2D eigenvalue weighted by Crippen LogP contribution is -2.82. The third-order valence-corrected chi connectivity index (χ3v) is 5.89. The quantitative estimate of drug-likeness (QED) is 0.743. The minimum atomic E-state index is -0.590. The van der Waals surface area contributed by atoms with Crippen molar-refractivity contribution in [1.82, 2.24) is 4.90 Å². The summed E-state index contributed by atoms with van der Waals surface area (Å²) in [4.78, 5) is 19.6. The van der Waals surface area contributed by atoms with Gasteiger partial charge in [0.25, 0.3) is 10.9 Å². The van der Waals surface area contributed by atoms with Crippen molar-refractivity contribution < 1.29 is 14.4 Å². The molecule has 108 valence electrons. The first kappa shape index (κ1) is 14.5. The van der Waals surface area contributed by atoms with Crippen LogP contribution in [0.5, 0.6) is 0 Å². The first-order valence-corrected chi connectivity index (χ1v) is 7.62. The third-order valence-electron chi connectivity index (χ3n) is 4.44. The molecule has 2 rings (SSSR count). The largest absolute Gasteiger partial charge is 0.460 e. The number of fused-ring (bicyclic) bond motifs is 1. The first-order valence-electron chi connectivity index (χ1n) is 6.64. The van der Waals surface area contributed by atoms with Gasteiger partial charge in [-0.15, -0.1) is 0 Å². The molecule has 0 aromatic heterocycles. The first-order chi connectivity index (χ1) is 8.76. The predicted octanol–water partition coefficient (Wildman–Crippen LogP) is 2.42. The number of ether oxygens (including phenoxy) is 1. The maximum atomic E-state index is 12.0. The number of oxime groups is 1. The van der Waals surface area contributed by atoms with Gasteiger partial charge in [-0.3, -0.25) is 4.90 Å². The van der Waals surface area contributed by atoms with Crippen LogP contribution in [0.25, 0.3) is 0 Å². The SMILES string of the molecule is CCOC(=O)C1=NOC2(SCC)N1C(C)(C)C2(C)C. The van der Waals surface area contributed by atoms with E-state index in [1.165, 1.54) is 0 Å². The Morgan fingerprint density at radius 1 is 1.37 bits per heavy atom. The van der Waals surface area contributed by atoms with Gasteiger partial charge >= 0.3 is 5.97 Å². The van der Waals surface area contributed by atoms with Gasteiger partial charge in [-0.2, -0.15) is 0 Å². The Hall–Kier alpha value is -0.910. The molecule has 0 aromatic rings. The van der Waals surface area contributed by atoms with Gasteiger partial charge in [0.05, 0.1) is 17.6 Å². The molecule has 0 radical (unpaired) electrons. The fraction of sp³-hybridized carbons (Fsp3) is 0.846. The molecular weight excluding hydrogens is 264 g/mol. The number of hydrogen-bond donors (Lipinski definition) is 0. The summed E-state index contributed by atoms with van der Waals surface area (Å²) in [5.41, 5.74) is -0.338. The molecule has 6 heteroatoms. The zero-order chi connectivity index (χ0) is 14.5. The molecule has 0 amide bonds. The molecule has 19 heavy (non-hydrogen) atoms. The second-order valence-corrected chi connectivity index (χ2v) is 7.18. The highest BCUT2D eigenvalue weighted by Gasteiger charge is 2.77. The number of hydrogen-bond acceptors (Lipinski definition) is 6. The summed E-state index contributed by atoms with van der Waals surface area (Å²) in [6, 6.07) is 0. The van der Waals surface area contributed by atoms with Crippen molar-refractivity contribution in [2.45, 2.75) is 52.1 Å². The van der Waals surface area contributed by atoms with Crippen LogP contribution in [0.2, 0.25) is 0 Å². The number of esters is 1. The molecule has 0 N–H and O–H groups in total. The summed E-state index contributed by atoms with van der Waals surface area (Å²) in [6.45, 7) is 12.7. The van der Waals surface area contributed by atoms with Crippen LogP contribution in [0.4, 0.5) is 0 Å². The Labute approximate surface area is 118 Å². The van der Waals surface area contributed by atoms with Crippen LogP contribution >= 0.6 is 11.8 Å². The molecule has 0 aromatic carbocycles. The molecule has 1 saturated heterocycles. The van der Waals surface area contributed by atoms with Crippen molar-refractivity contribution in [3.05, 3.63) is 0 Å². The van der Waals surface area contributed by atoms with Gasteiger partial charge in [0, 0.05) is 0 Å². The van der Waals surface area contributed by atoms with Crippen LogP contribution in [-0.2, 0) is 14.4 Å². The topological polar surface area (TPSA) is 51.1 Å². The van der Waals surface area contributed by atoms with Crippen molar-refractivity contribution in [2.24, 2.45) is 10.6 Å². The summed E-state index contributed by atoms with van der Waals surface area (Å²) in [5, 5.41) is 3.42. The van der Waals surface area contributed by atoms with E-state index in [0.717, 1.165) is 5.75 Å². The highest BCUT2D eigenvalue weighted by Crippen LogP contribution is 2.66. The monoisotopic (exact) mass is 286 g/mol. The van der Waals surface area contributed by atoms with Gasteiger partial charge in [0.2, 0.25) is 0 Å². The van der Waals surface area contributed by atoms with Crippen molar-refractivity contribution in [3.63, 3.8) is 0 Å². The zero-order valence-corrected chi connectivity index (χ0v) is 13.3. The average molecular weight is 286 g/mol. The molecule has 2 aliphatic heterocycles. The van der Waals surface area contributed by atoms with E-state index in [9.17, 15) is 4.79 Å². The Kier molecular flexibility index (Phi) is 3.28. The van der Waals surface area contributed by atoms with Crippen LogP contribution in [0.1, 0.15) is 41.5 Å². The minimum Gasteiger partial charge on any atom is -0.460 e. The summed E-state index contributed by atoms with van der Waals surface area (Å²) < 4.78 is 5.06. The molecule has 0 aliphatic carbocycles. The van der Waals surface area contributed by atoms with Crippen LogP contribution < -0.4 is 0 Å². The fourth-order valence-corrected chi connectivity index (χ4v) is 4.29. The number of carbonyl (C=O) groups is 1. The number of thioether (sulfide) groups is 1. The minimum absolute atomic E-state index is 0.127. The number of carbonyl (C=O) groups excluding carboxylic acids is 1. The molecule has 1 unspecified atom stereocenters. The molecule has 2 heterocycles. The van der Waals surface area contributed by atoms with E-state index >= 15 is 0 Å². The van der Waals surface area contributed by atoms with Crippen LogP contribution in [0.15, 0.2) is 5.16 Å². The highest BCUT2D eigenvalue weighted by molar-refractivity contribution is 8.00. The molecular formula is C13H22N2O3S. The molecule has 1 atom stereocenters. The van der Waals surface area contributed by atoms with E-state index in [4.69, 9.17) is 9.57 Å². The number of nitrogens with zero attached hydrogens (tertiary/aromatic N) is 2. The Bertz CT molecular complexity index is 434. The number of amidine groups is 1. The zero-order valence-electron chi connectivity index (χ0n) is 12.4. The van der Waals surface area contributed by atoms with Crippen molar-refractivity contribution in [3.8, 4) is 0 Å². The molecule has 0 spiro atoms. The van der Waals surface area contributed by atoms with Gasteiger partial charge in [-0.1, -0.05) is 37.7 Å². The summed E-state index contributed by atoms with van der Waals surface area (Å²) in [6.07, 6.45) is 0. The van der Waals surface area contributed by atoms with E-state index in [-0.39, 0.29) is 16.8 Å². The van der Waals surface area contributed by atoms with Crippen LogP contribution in [0.3, 0.4) is 0 Å². The van der Waals surface area contributed by atoms with E-state index in [2.05, 4.69) is 39.8 Å². The van der Waals surface area contributed by atoms with E-state index in [1.807, 2.05) is 4.90 Å². The Morgan fingerprint density at radius 2 is 2.00 bits per heavy atom. The molecule has 2 aliphatic rings. The normalized spacial score (nSPS) is 30.0. The lowest BCUT2D eigenvalue weighted by Gasteiger charge is -2.68. The van der Waals surface area contributed by atoms with Gasteiger partial charge in [-0.05, 0) is 26.5 Å². The van der Waals surface area contributed by atoms with Crippen molar-refractivity contribution in [2.75, 3.05) is 12.4 Å². The standard InChI is InChI=1S/C13H22N2O3S/c1-7-17-10(16)9-14-18-13(19-8-2)11(3,4)12(5,6)15(9)13/h7-8H2,1-6H3. The van der Waals surface area contributed by atoms with Gasteiger partial charge < -0.3 is 9.57 Å². The van der Waals surface area contributed by atoms with Crippen molar-refractivity contribution >= 4 is 23.6 Å². The van der Waals surface area contributed by atoms with Gasteiger partial charge in [-0.25, -0.2) is 4.79 Å². The second kappa shape index (κ2) is 4.30. The smallest absolute Gasteiger partial charge is 0.377 e. The van der Waals surface area contributed by atoms with Crippen molar-refractivity contribution in [1.29, 1.82) is 0 Å². The maximum Gasteiger partial charge on any atom is 0.377 e. The van der Waals surface area contributed by atoms with E-state index in [0.29, 0.717) is 6.61 Å². The molecule has 5 nitrogen and oxygen atoms in total. The van der Waals surface area contributed by atoms with Gasteiger partial charge in [0.1, 0.15) is 0 Å². The highest BCUT2D eigenvalue weighted by atomic mass is 32.2. The lowest BCUT2D eigenvalue weighted by molar-refractivity contribution is -0.257. The molecule has 0 saturated carbocycles. The molecule has 1 fully saturated rings. The van der Waals surface area contributed by atoms with Crippen LogP contribution in [0, 0.1) is 5.41 Å². The second-order valence-electron chi connectivity index (χ2n) is 5.76. The maximum absolute atomic E-state index is 12.0. The fourth-order valence-electron chi connectivity index (χ4n) is 2.76. The van der Waals surface area contributed by atoms with Crippen LogP contribution in [-0.4, -0.2) is 39.7 Å². The average Bonchev–Trinajstić information content (AvgIpc) is 2.69. The third kappa shape index (κ3) is 1.55. The Balaban J connectivity index is 2.35. The predicted molar refractivity (Wildman–Crippen MR) is 75.7 cm³/mol. The molecule has 0 bridgehead atoms.